The van der Waals surface area contributed by atoms with Gasteiger partial charge in [0.2, 0.25) is 0 Å². The van der Waals surface area contributed by atoms with E-state index in [4.69, 9.17) is 9.47 Å². The molecule has 1 saturated heterocycles. The van der Waals surface area contributed by atoms with Crippen molar-refractivity contribution in [3.63, 3.8) is 0 Å². The number of nitrogens with one attached hydrogen (secondary N) is 1. The van der Waals surface area contributed by atoms with E-state index < -0.39 is 18.0 Å². The minimum atomic E-state index is -0.966. The summed E-state index contributed by atoms with van der Waals surface area (Å²) in [4.78, 5) is 44.7. The van der Waals surface area contributed by atoms with Crippen molar-refractivity contribution in [1.29, 1.82) is 0 Å². The molecular formula is C21H25N3O6. The maximum atomic E-state index is 12.5. The van der Waals surface area contributed by atoms with Gasteiger partial charge in [0.05, 0.1) is 18.8 Å². The number of benzene rings is 1. The predicted molar refractivity (Wildman–Crippen MR) is 108 cm³/mol. The summed E-state index contributed by atoms with van der Waals surface area (Å²) in [7, 11) is 0. The van der Waals surface area contributed by atoms with E-state index in [9.17, 15) is 19.5 Å². The van der Waals surface area contributed by atoms with E-state index in [2.05, 4.69) is 9.97 Å². The van der Waals surface area contributed by atoms with Crippen molar-refractivity contribution in [3.8, 4) is 11.3 Å². The van der Waals surface area contributed by atoms with Crippen LogP contribution in [0.4, 0.5) is 4.79 Å². The summed E-state index contributed by atoms with van der Waals surface area (Å²) in [5.74, 6) is -0.552. The molecule has 2 heterocycles. The third-order valence-corrected chi connectivity index (χ3v) is 4.95. The largest absolute Gasteiger partial charge is 0.465 e. The number of likely N-dealkylation sites (tertiary alicyclic amines) is 1. The van der Waals surface area contributed by atoms with Crippen molar-refractivity contribution in [3.05, 3.63) is 41.3 Å². The second-order valence-corrected chi connectivity index (χ2v) is 6.93. The molecule has 2 aromatic rings. The number of hydrogen-bond acceptors (Lipinski definition) is 6. The first-order chi connectivity index (χ1) is 14.4. The number of hydrogen-bond donors (Lipinski definition) is 2. The van der Waals surface area contributed by atoms with Crippen LogP contribution in [0.5, 0.6) is 0 Å². The number of carboxylic acid groups (broad SMARTS) is 1. The molecule has 1 amide bonds. The average Bonchev–Trinajstić information content (AvgIpc) is 3.20. The van der Waals surface area contributed by atoms with Gasteiger partial charge in [0.1, 0.15) is 11.5 Å². The van der Waals surface area contributed by atoms with Gasteiger partial charge in [-0.05, 0) is 38.8 Å². The molecule has 30 heavy (non-hydrogen) atoms. The third kappa shape index (κ3) is 4.61. The van der Waals surface area contributed by atoms with Crippen LogP contribution in [-0.4, -0.2) is 64.3 Å². The van der Waals surface area contributed by atoms with Crippen molar-refractivity contribution in [2.45, 2.75) is 32.6 Å². The van der Waals surface area contributed by atoms with Crippen molar-refractivity contribution < 1.29 is 29.0 Å². The number of esters is 2. The van der Waals surface area contributed by atoms with Gasteiger partial charge >= 0.3 is 18.0 Å². The lowest BCUT2D eigenvalue weighted by Crippen LogP contribution is -2.38. The molecule has 1 aromatic heterocycles. The van der Waals surface area contributed by atoms with Crippen molar-refractivity contribution in [2.24, 2.45) is 0 Å². The van der Waals surface area contributed by atoms with E-state index in [-0.39, 0.29) is 24.8 Å². The van der Waals surface area contributed by atoms with Crippen LogP contribution < -0.4 is 0 Å². The maximum Gasteiger partial charge on any atom is 0.407 e. The monoisotopic (exact) mass is 415 g/mol. The van der Waals surface area contributed by atoms with Crippen LogP contribution in [-0.2, 0) is 9.47 Å². The Morgan fingerprint density at radius 3 is 2.43 bits per heavy atom. The summed E-state index contributed by atoms with van der Waals surface area (Å²) in [5, 5.41) is 9.29. The molecule has 160 valence electrons. The minimum absolute atomic E-state index is 0.143. The highest BCUT2D eigenvalue weighted by atomic mass is 16.5. The number of imidazole rings is 1. The number of carbonyl (C=O) groups is 3. The Kier molecular flexibility index (Phi) is 6.71. The van der Waals surface area contributed by atoms with Gasteiger partial charge in [0.25, 0.3) is 0 Å². The highest BCUT2D eigenvalue weighted by molar-refractivity contribution is 5.95. The topological polar surface area (TPSA) is 122 Å². The maximum absolute atomic E-state index is 12.5. The number of aromatic nitrogens is 2. The molecule has 9 heteroatoms. The molecule has 0 bridgehead atoms. The fourth-order valence-corrected chi connectivity index (χ4v) is 3.50. The standard InChI is InChI=1S/C21H25N3O6/c1-3-29-19(25)14-9-7-13(8-10-14)16-17(20(26)30-4-2)23-18(22-16)15-6-5-11-24(12-15)21(27)28/h7-10,15H,3-6,11-12H2,1-2H3,(H,22,23)(H,27,28)/t15-/m1/s1. The van der Waals surface area contributed by atoms with E-state index in [1.165, 1.54) is 4.90 Å². The number of carbonyl (C=O) groups excluding carboxylic acids is 2. The zero-order chi connectivity index (χ0) is 21.7. The van der Waals surface area contributed by atoms with Gasteiger partial charge in [-0.3, -0.25) is 0 Å². The molecule has 1 fully saturated rings. The Balaban J connectivity index is 1.93. The Hall–Kier alpha value is -3.36. The number of rotatable bonds is 6. The molecule has 1 aromatic carbocycles. The molecule has 0 saturated carbocycles. The molecule has 1 aliphatic rings. The molecule has 0 unspecified atom stereocenters. The van der Waals surface area contributed by atoms with Crippen LogP contribution in [0.3, 0.4) is 0 Å². The quantitative estimate of drug-likeness (QED) is 0.694. The fraction of sp³-hybridized carbons (Fsp3) is 0.429. The summed E-state index contributed by atoms with van der Waals surface area (Å²) in [6, 6.07) is 6.62. The normalized spacial score (nSPS) is 16.2. The molecule has 1 atom stereocenters. The summed E-state index contributed by atoms with van der Waals surface area (Å²) < 4.78 is 10.1. The first-order valence-electron chi connectivity index (χ1n) is 9.97. The lowest BCUT2D eigenvalue weighted by molar-refractivity contribution is 0.0513. The number of amides is 1. The molecular weight excluding hydrogens is 390 g/mol. The van der Waals surface area contributed by atoms with E-state index in [0.717, 1.165) is 12.8 Å². The predicted octanol–water partition coefficient (Wildman–Crippen LogP) is 3.29. The second kappa shape index (κ2) is 9.43. The van der Waals surface area contributed by atoms with Gasteiger partial charge in [0, 0.05) is 24.6 Å². The van der Waals surface area contributed by atoms with Crippen LogP contribution in [0, 0.1) is 0 Å². The smallest absolute Gasteiger partial charge is 0.407 e. The Morgan fingerprint density at radius 2 is 1.80 bits per heavy atom. The van der Waals surface area contributed by atoms with E-state index >= 15 is 0 Å². The fourth-order valence-electron chi connectivity index (χ4n) is 3.50. The molecule has 0 radical (unpaired) electrons. The molecule has 0 aliphatic carbocycles. The first-order valence-corrected chi connectivity index (χ1v) is 9.97. The SMILES string of the molecule is CCOC(=O)c1ccc(-c2nc([C@@H]3CCCN(C(=O)O)C3)[nH]c2C(=O)OCC)cc1. The number of H-pyrrole nitrogens is 1. The van der Waals surface area contributed by atoms with E-state index in [1.54, 1.807) is 38.1 Å². The van der Waals surface area contributed by atoms with Gasteiger partial charge < -0.3 is 24.5 Å². The van der Waals surface area contributed by atoms with Crippen LogP contribution in [0.1, 0.15) is 59.3 Å². The number of nitrogens with zero attached hydrogens (tertiary/aromatic N) is 2. The van der Waals surface area contributed by atoms with E-state index in [0.29, 0.717) is 35.7 Å². The Labute approximate surface area is 174 Å². The molecule has 1 aliphatic heterocycles. The molecule has 9 nitrogen and oxygen atoms in total. The van der Waals surface area contributed by atoms with Gasteiger partial charge in [-0.15, -0.1) is 0 Å². The van der Waals surface area contributed by atoms with E-state index in [1.807, 2.05) is 0 Å². The lowest BCUT2D eigenvalue weighted by Gasteiger charge is -2.29. The highest BCUT2D eigenvalue weighted by Gasteiger charge is 2.29. The number of ether oxygens (including phenoxy) is 2. The molecule has 0 spiro atoms. The summed E-state index contributed by atoms with van der Waals surface area (Å²) >= 11 is 0. The highest BCUT2D eigenvalue weighted by Crippen LogP contribution is 2.30. The second-order valence-electron chi connectivity index (χ2n) is 6.93. The van der Waals surface area contributed by atoms with Gasteiger partial charge in [-0.2, -0.15) is 0 Å². The van der Waals surface area contributed by atoms with Gasteiger partial charge in [0.15, 0.2) is 5.69 Å². The van der Waals surface area contributed by atoms with Crippen LogP contribution in [0.25, 0.3) is 11.3 Å². The van der Waals surface area contributed by atoms with Crippen LogP contribution in [0.2, 0.25) is 0 Å². The zero-order valence-electron chi connectivity index (χ0n) is 17.0. The van der Waals surface area contributed by atoms with Crippen molar-refractivity contribution in [2.75, 3.05) is 26.3 Å². The minimum Gasteiger partial charge on any atom is -0.465 e. The van der Waals surface area contributed by atoms with Crippen molar-refractivity contribution in [1.82, 2.24) is 14.9 Å². The summed E-state index contributed by atoms with van der Waals surface area (Å²) in [6.45, 7) is 4.75. The average molecular weight is 415 g/mol. The lowest BCUT2D eigenvalue weighted by atomic mass is 9.98. The zero-order valence-corrected chi connectivity index (χ0v) is 17.0. The molecule has 3 rings (SSSR count). The van der Waals surface area contributed by atoms with Crippen LogP contribution >= 0.6 is 0 Å². The van der Waals surface area contributed by atoms with Gasteiger partial charge in [-0.1, -0.05) is 12.1 Å². The molecule has 2 N–H and O–H groups in total. The Morgan fingerprint density at radius 1 is 1.13 bits per heavy atom. The summed E-state index contributed by atoms with van der Waals surface area (Å²) in [5.41, 5.74) is 1.66. The number of piperidine rings is 1. The third-order valence-electron chi connectivity index (χ3n) is 4.95. The van der Waals surface area contributed by atoms with Crippen molar-refractivity contribution >= 4 is 18.0 Å². The Bertz CT molecular complexity index is 921. The first kappa shape index (κ1) is 21.4. The number of aromatic amines is 1. The van der Waals surface area contributed by atoms with Gasteiger partial charge in [-0.25, -0.2) is 19.4 Å². The summed E-state index contributed by atoms with van der Waals surface area (Å²) in [6.07, 6.45) is 0.517. The van der Waals surface area contributed by atoms with Crippen LogP contribution in [0.15, 0.2) is 24.3 Å².